The molecule has 1 aliphatic heterocycles. The van der Waals surface area contributed by atoms with E-state index in [-0.39, 0.29) is 60.4 Å². The zero-order valence-corrected chi connectivity index (χ0v) is 17.9. The molecule has 0 aromatic heterocycles. The Morgan fingerprint density at radius 1 is 0.903 bits per heavy atom. The molecule has 3 rings (SSSR count). The van der Waals surface area contributed by atoms with Gasteiger partial charge >= 0.3 is 0 Å². The molecule has 2 amide bonds. The summed E-state index contributed by atoms with van der Waals surface area (Å²) >= 11 is 0. The molecule has 0 atom stereocenters. The number of nitrogens with zero attached hydrogens (tertiary/aromatic N) is 2. The van der Waals surface area contributed by atoms with Crippen LogP contribution in [0.25, 0.3) is 0 Å². The Morgan fingerprint density at radius 2 is 1.48 bits per heavy atom. The number of benzene rings is 2. The van der Waals surface area contributed by atoms with Gasteiger partial charge in [-0.1, -0.05) is 6.07 Å². The third-order valence-electron chi connectivity index (χ3n) is 4.92. The smallest absolute Gasteiger partial charge is 0.257 e. The molecule has 0 unspecified atom stereocenters. The fourth-order valence-electron chi connectivity index (χ4n) is 3.33. The van der Waals surface area contributed by atoms with Crippen molar-refractivity contribution in [2.45, 2.75) is 0 Å². The van der Waals surface area contributed by atoms with Crippen LogP contribution in [0.4, 0.5) is 10.1 Å². The molecule has 2 aromatic rings. The monoisotopic (exact) mass is 451 g/mol. The van der Waals surface area contributed by atoms with Crippen LogP contribution in [-0.4, -0.2) is 70.4 Å². The quantitative estimate of drug-likeness (QED) is 0.643. The second kappa shape index (κ2) is 9.65. The number of halogens is 1. The van der Waals surface area contributed by atoms with Crippen LogP contribution in [0.1, 0.15) is 20.7 Å². The molecule has 1 fully saturated rings. The van der Waals surface area contributed by atoms with Gasteiger partial charge in [-0.15, -0.1) is 0 Å². The molecule has 11 heteroatoms. The molecule has 2 aromatic carbocycles. The fraction of sp³-hybridized carbons (Fsp3) is 0.300. The molecule has 0 aliphatic carbocycles. The predicted molar refractivity (Wildman–Crippen MR) is 112 cm³/mol. The number of rotatable bonds is 6. The summed E-state index contributed by atoms with van der Waals surface area (Å²) < 4.78 is 48.4. The molecule has 9 nitrogen and oxygen atoms in total. The number of hydrogen-bond acceptors (Lipinski definition) is 6. The Balaban J connectivity index is 1.69. The number of methoxy groups -OCH3 is 2. The van der Waals surface area contributed by atoms with Gasteiger partial charge < -0.3 is 19.3 Å². The number of ether oxygens (including phenoxy) is 2. The Labute approximate surface area is 180 Å². The average molecular weight is 451 g/mol. The first-order valence-corrected chi connectivity index (χ1v) is 10.5. The van der Waals surface area contributed by atoms with Crippen LogP contribution in [0.2, 0.25) is 0 Å². The van der Waals surface area contributed by atoms with Gasteiger partial charge in [-0.25, -0.2) is 12.8 Å². The number of nitrogens with one attached hydrogen (secondary N) is 1. The minimum absolute atomic E-state index is 0.00813. The van der Waals surface area contributed by atoms with Crippen molar-refractivity contribution in [3.05, 3.63) is 53.3 Å². The predicted octanol–water partition coefficient (Wildman–Crippen LogP) is 1.38. The van der Waals surface area contributed by atoms with Crippen LogP contribution < -0.4 is 14.2 Å². The van der Waals surface area contributed by atoms with Gasteiger partial charge in [0.2, 0.25) is 10.9 Å². The van der Waals surface area contributed by atoms with Gasteiger partial charge in [0.1, 0.15) is 5.75 Å². The van der Waals surface area contributed by atoms with Gasteiger partial charge in [0.15, 0.2) is 11.6 Å². The normalized spacial score (nSPS) is 13.8. The number of thiol groups is 1. The highest BCUT2D eigenvalue weighted by Gasteiger charge is 2.28. The maximum absolute atomic E-state index is 14.4. The Hall–Kier alpha value is -3.34. The van der Waals surface area contributed by atoms with Crippen molar-refractivity contribution >= 4 is 28.4 Å². The van der Waals surface area contributed by atoms with Crippen molar-refractivity contribution in [2.24, 2.45) is 0 Å². The summed E-state index contributed by atoms with van der Waals surface area (Å²) in [5.74, 6) is -1.28. The van der Waals surface area contributed by atoms with Crippen molar-refractivity contribution < 1.29 is 31.9 Å². The van der Waals surface area contributed by atoms with E-state index in [0.29, 0.717) is 0 Å². The first kappa shape index (κ1) is 22.3. The topological polar surface area (TPSA) is 105 Å². The van der Waals surface area contributed by atoms with Crippen molar-refractivity contribution in [3.8, 4) is 11.5 Å². The van der Waals surface area contributed by atoms with Crippen LogP contribution >= 0.6 is 0 Å². The number of hydrogen-bond donors (Lipinski definition) is 2. The Morgan fingerprint density at radius 3 is 2.03 bits per heavy atom. The summed E-state index contributed by atoms with van der Waals surface area (Å²) in [6.45, 7) is 0.983. The molecule has 1 N–H and O–H groups in total. The van der Waals surface area contributed by atoms with Gasteiger partial charge in [-0.3, -0.25) is 14.3 Å². The average Bonchev–Trinajstić information content (AvgIpc) is 2.78. The maximum atomic E-state index is 14.4. The van der Waals surface area contributed by atoms with E-state index in [1.54, 1.807) is 11.0 Å². The fourth-order valence-corrected chi connectivity index (χ4v) is 3.68. The van der Waals surface area contributed by atoms with Crippen molar-refractivity contribution in [1.82, 2.24) is 9.80 Å². The van der Waals surface area contributed by atoms with E-state index in [1.807, 2.05) is 0 Å². The summed E-state index contributed by atoms with van der Waals surface area (Å²) in [6.07, 6.45) is 0. The molecule has 0 spiro atoms. The Bertz CT molecular complexity index is 1060. The second-order valence-electron chi connectivity index (χ2n) is 6.69. The molecule has 0 bridgehead atoms. The molecular weight excluding hydrogens is 429 g/mol. The number of amides is 2. The van der Waals surface area contributed by atoms with Crippen LogP contribution in [0.3, 0.4) is 0 Å². The first-order valence-electron chi connectivity index (χ1n) is 9.35. The third-order valence-corrected chi connectivity index (χ3v) is 5.36. The van der Waals surface area contributed by atoms with Crippen LogP contribution in [0, 0.1) is 5.82 Å². The lowest BCUT2D eigenvalue weighted by Crippen LogP contribution is -2.50. The van der Waals surface area contributed by atoms with E-state index in [4.69, 9.17) is 9.47 Å². The number of carbonyl (C=O) groups excluding carboxylic acids is 2. The van der Waals surface area contributed by atoms with Crippen LogP contribution in [-0.2, 0) is 10.9 Å². The van der Waals surface area contributed by atoms with Gasteiger partial charge in [-0.2, -0.15) is 0 Å². The second-order valence-corrected chi connectivity index (χ2v) is 7.43. The highest BCUT2D eigenvalue weighted by Crippen LogP contribution is 2.26. The zero-order valence-electron chi connectivity index (χ0n) is 17.0. The van der Waals surface area contributed by atoms with Crippen LogP contribution in [0.5, 0.6) is 11.5 Å². The number of piperazine rings is 1. The van der Waals surface area contributed by atoms with E-state index in [0.717, 1.165) is 0 Å². The van der Waals surface area contributed by atoms with Crippen molar-refractivity contribution in [1.29, 1.82) is 0 Å². The van der Waals surface area contributed by atoms with Gasteiger partial charge in [-0.05, 0) is 24.3 Å². The molecule has 0 saturated carbocycles. The molecule has 1 saturated heterocycles. The maximum Gasteiger partial charge on any atom is 0.257 e. The van der Waals surface area contributed by atoms with E-state index in [9.17, 15) is 22.4 Å². The molecule has 31 heavy (non-hydrogen) atoms. The zero-order chi connectivity index (χ0) is 22.5. The standard InChI is InChI=1S/C20H22FN3O6S/c1-29-16-5-3-4-15(18(16)21)20(26)24-10-8-23(9-11-24)19(25)14-7-6-13(22-31(27)28)12-17(14)30-2/h3-7,12,31H,8-11H2,1-2H3,(H,22,27,28). The highest BCUT2D eigenvalue weighted by atomic mass is 32.2. The number of carbonyl (C=O) groups is 2. The summed E-state index contributed by atoms with van der Waals surface area (Å²) in [7, 11) is -0.131. The van der Waals surface area contributed by atoms with Crippen LogP contribution in [0.15, 0.2) is 36.4 Å². The molecule has 0 radical (unpaired) electrons. The van der Waals surface area contributed by atoms with Gasteiger partial charge in [0.05, 0.1) is 31.0 Å². The lowest BCUT2D eigenvalue weighted by molar-refractivity contribution is 0.0530. The summed E-state index contributed by atoms with van der Waals surface area (Å²) in [5.41, 5.74) is 0.466. The first-order chi connectivity index (χ1) is 14.8. The largest absolute Gasteiger partial charge is 0.496 e. The minimum Gasteiger partial charge on any atom is -0.496 e. The van der Waals surface area contributed by atoms with E-state index >= 15 is 0 Å². The van der Waals surface area contributed by atoms with E-state index < -0.39 is 22.6 Å². The molecular formula is C20H22FN3O6S. The van der Waals surface area contributed by atoms with Gasteiger partial charge in [0, 0.05) is 32.2 Å². The number of anilines is 1. The third kappa shape index (κ3) is 4.88. The van der Waals surface area contributed by atoms with E-state index in [2.05, 4.69) is 4.72 Å². The Kier molecular flexibility index (Phi) is 6.95. The molecule has 1 aliphatic rings. The lowest BCUT2D eigenvalue weighted by atomic mass is 10.1. The summed E-state index contributed by atoms with van der Waals surface area (Å²) in [6, 6.07) is 8.74. The molecule has 166 valence electrons. The van der Waals surface area contributed by atoms with E-state index in [1.165, 1.54) is 49.5 Å². The highest BCUT2D eigenvalue weighted by molar-refractivity contribution is 7.73. The summed E-state index contributed by atoms with van der Waals surface area (Å²) in [4.78, 5) is 28.7. The van der Waals surface area contributed by atoms with Crippen molar-refractivity contribution in [3.63, 3.8) is 0 Å². The lowest BCUT2D eigenvalue weighted by Gasteiger charge is -2.35. The van der Waals surface area contributed by atoms with Gasteiger partial charge in [0.25, 0.3) is 11.8 Å². The van der Waals surface area contributed by atoms with Crippen molar-refractivity contribution in [2.75, 3.05) is 45.1 Å². The minimum atomic E-state index is -2.84. The SMILES string of the molecule is COc1cc(N[SH](=O)=O)ccc1C(=O)N1CCN(C(=O)c2cccc(OC)c2F)CC1. The summed E-state index contributed by atoms with van der Waals surface area (Å²) in [5, 5.41) is 0. The molecule has 1 heterocycles.